The number of imidazole rings is 1. The van der Waals surface area contributed by atoms with Gasteiger partial charge in [0, 0.05) is 18.1 Å². The molecule has 178 valence electrons. The summed E-state index contributed by atoms with van der Waals surface area (Å²) in [5.74, 6) is 1.68. The number of rotatable bonds is 10. The van der Waals surface area contributed by atoms with Gasteiger partial charge in [0.25, 0.3) is 0 Å². The van der Waals surface area contributed by atoms with E-state index in [-0.39, 0.29) is 17.9 Å². The lowest BCUT2D eigenvalue weighted by molar-refractivity contribution is -0.117. The predicted octanol–water partition coefficient (Wildman–Crippen LogP) is 4.72. The molecule has 34 heavy (non-hydrogen) atoms. The topological polar surface area (TPSA) is 107 Å². The Kier molecular flexibility index (Phi) is 6.34. The van der Waals surface area contributed by atoms with Crippen LogP contribution in [-0.2, 0) is 9.53 Å². The number of thiazole rings is 1. The summed E-state index contributed by atoms with van der Waals surface area (Å²) in [4.78, 5) is 21.0. The van der Waals surface area contributed by atoms with Crippen LogP contribution in [0.2, 0.25) is 0 Å². The maximum atomic E-state index is 12.1. The standard InChI is InChI=1S/C24H28N6O3S/c1-4-9-32-15(3)12-33-17-7-8-18(14(2)10-17)19-11-25-13-30(19)22-20-21(28-29-22)26-24(34-20)27-23(31)16-5-6-16/h7-8,10-11,13,15-16H,4-6,9,12H2,1-3H3,(H2,26,27,28,29,31). The number of nitrogens with zero attached hydrogens (tertiary/aromatic N) is 4. The Bertz CT molecular complexity index is 1310. The third-order valence-corrected chi connectivity index (χ3v) is 6.67. The van der Waals surface area contributed by atoms with Gasteiger partial charge in [-0.3, -0.25) is 14.5 Å². The van der Waals surface area contributed by atoms with Crippen molar-refractivity contribution in [1.29, 1.82) is 0 Å². The van der Waals surface area contributed by atoms with Gasteiger partial charge in [-0.2, -0.15) is 5.10 Å². The molecule has 10 heteroatoms. The average molecular weight is 481 g/mol. The summed E-state index contributed by atoms with van der Waals surface area (Å²) in [5.41, 5.74) is 3.65. The number of aryl methyl sites for hydroxylation is 1. The lowest BCUT2D eigenvalue weighted by Crippen LogP contribution is -2.18. The van der Waals surface area contributed by atoms with Crippen LogP contribution < -0.4 is 10.1 Å². The highest BCUT2D eigenvalue weighted by Crippen LogP contribution is 2.35. The quantitative estimate of drug-likeness (QED) is 0.340. The smallest absolute Gasteiger partial charge is 0.229 e. The number of carbonyl (C=O) groups is 1. The van der Waals surface area contributed by atoms with Gasteiger partial charge in [-0.05, 0) is 56.9 Å². The molecule has 1 saturated carbocycles. The molecular weight excluding hydrogens is 452 g/mol. The summed E-state index contributed by atoms with van der Waals surface area (Å²) in [6, 6.07) is 6.02. The minimum atomic E-state index is 0.0403. The Morgan fingerprint density at radius 3 is 3.00 bits per heavy atom. The first kappa shape index (κ1) is 22.5. The van der Waals surface area contributed by atoms with Gasteiger partial charge in [0.2, 0.25) is 5.91 Å². The molecule has 1 unspecified atom stereocenters. The van der Waals surface area contributed by atoms with Crippen molar-refractivity contribution < 1.29 is 14.3 Å². The molecule has 9 nitrogen and oxygen atoms in total. The van der Waals surface area contributed by atoms with E-state index in [4.69, 9.17) is 9.47 Å². The largest absolute Gasteiger partial charge is 0.491 e. The molecule has 1 atom stereocenters. The van der Waals surface area contributed by atoms with E-state index in [2.05, 4.69) is 39.3 Å². The molecule has 1 fully saturated rings. The summed E-state index contributed by atoms with van der Waals surface area (Å²) in [5, 5.41) is 10.9. The van der Waals surface area contributed by atoms with Crippen LogP contribution in [0.3, 0.4) is 0 Å². The molecule has 2 N–H and O–H groups in total. The summed E-state index contributed by atoms with van der Waals surface area (Å²) >= 11 is 1.41. The Labute approximate surface area is 201 Å². The van der Waals surface area contributed by atoms with E-state index in [0.717, 1.165) is 53.1 Å². The van der Waals surface area contributed by atoms with Gasteiger partial charge in [0.05, 0.1) is 18.0 Å². The van der Waals surface area contributed by atoms with E-state index in [1.165, 1.54) is 11.3 Å². The van der Waals surface area contributed by atoms with Gasteiger partial charge >= 0.3 is 0 Å². The van der Waals surface area contributed by atoms with Crippen LogP contribution in [0.25, 0.3) is 27.4 Å². The number of aromatic nitrogens is 5. The number of ether oxygens (including phenoxy) is 2. The van der Waals surface area contributed by atoms with Crippen molar-refractivity contribution in [1.82, 2.24) is 24.7 Å². The molecule has 1 aliphatic carbocycles. The Balaban J connectivity index is 1.36. The number of carbonyl (C=O) groups excluding carboxylic acids is 1. The number of aromatic amines is 1. The predicted molar refractivity (Wildman–Crippen MR) is 132 cm³/mol. The van der Waals surface area contributed by atoms with E-state index in [0.29, 0.717) is 23.2 Å². The minimum Gasteiger partial charge on any atom is -0.491 e. The molecule has 4 aromatic rings. The zero-order chi connectivity index (χ0) is 23.7. The van der Waals surface area contributed by atoms with Crippen molar-refractivity contribution in [3.05, 3.63) is 36.3 Å². The van der Waals surface area contributed by atoms with Gasteiger partial charge in [-0.15, -0.1) is 0 Å². The van der Waals surface area contributed by atoms with E-state index >= 15 is 0 Å². The third-order valence-electron chi connectivity index (χ3n) is 5.71. The Hall–Kier alpha value is -3.24. The van der Waals surface area contributed by atoms with Crippen molar-refractivity contribution in [2.24, 2.45) is 5.92 Å². The molecule has 3 heterocycles. The van der Waals surface area contributed by atoms with E-state index in [9.17, 15) is 4.79 Å². The highest BCUT2D eigenvalue weighted by atomic mass is 32.1. The number of fused-ring (bicyclic) bond motifs is 1. The second-order valence-electron chi connectivity index (χ2n) is 8.63. The van der Waals surface area contributed by atoms with Crippen molar-refractivity contribution in [3.8, 4) is 22.8 Å². The van der Waals surface area contributed by atoms with E-state index < -0.39 is 0 Å². The molecule has 1 amide bonds. The summed E-state index contributed by atoms with van der Waals surface area (Å²) in [7, 11) is 0. The van der Waals surface area contributed by atoms with Crippen molar-refractivity contribution in [2.45, 2.75) is 46.1 Å². The molecular formula is C24H28N6O3S. The van der Waals surface area contributed by atoms with Gasteiger partial charge in [-0.1, -0.05) is 18.3 Å². The van der Waals surface area contributed by atoms with E-state index in [1.807, 2.05) is 35.9 Å². The number of H-pyrrole nitrogens is 1. The number of hydrogen-bond donors (Lipinski definition) is 2. The molecule has 1 aliphatic rings. The minimum absolute atomic E-state index is 0.0403. The summed E-state index contributed by atoms with van der Waals surface area (Å²) in [6.07, 6.45) is 6.50. The average Bonchev–Trinajstić information content (AvgIpc) is 3.26. The lowest BCUT2D eigenvalue weighted by atomic mass is 10.1. The maximum Gasteiger partial charge on any atom is 0.229 e. The summed E-state index contributed by atoms with van der Waals surface area (Å²) < 4.78 is 14.4. The number of hydrogen-bond acceptors (Lipinski definition) is 7. The molecule has 5 rings (SSSR count). The Morgan fingerprint density at radius 1 is 1.38 bits per heavy atom. The van der Waals surface area contributed by atoms with Crippen LogP contribution >= 0.6 is 11.3 Å². The molecule has 0 bridgehead atoms. The number of amides is 1. The fourth-order valence-electron chi connectivity index (χ4n) is 3.73. The maximum absolute atomic E-state index is 12.1. The SMILES string of the molecule is CCCOC(C)COc1ccc(-c2cncn2-c2n[nH]c3nc(NC(=O)C4CC4)sc23)c(C)c1. The van der Waals surface area contributed by atoms with E-state index in [1.54, 1.807) is 6.33 Å². The Morgan fingerprint density at radius 2 is 2.24 bits per heavy atom. The van der Waals surface area contributed by atoms with Gasteiger partial charge in [-0.25, -0.2) is 9.97 Å². The van der Waals surface area contributed by atoms with Crippen LogP contribution in [0.5, 0.6) is 5.75 Å². The second kappa shape index (κ2) is 9.55. The lowest BCUT2D eigenvalue weighted by Gasteiger charge is -2.15. The molecule has 3 aromatic heterocycles. The van der Waals surface area contributed by atoms with Crippen molar-refractivity contribution in [2.75, 3.05) is 18.5 Å². The van der Waals surface area contributed by atoms with Gasteiger partial charge in [0.15, 0.2) is 16.6 Å². The first-order valence-corrected chi connectivity index (χ1v) is 12.4. The van der Waals surface area contributed by atoms with Crippen molar-refractivity contribution in [3.63, 3.8) is 0 Å². The van der Waals surface area contributed by atoms with Crippen LogP contribution in [0.15, 0.2) is 30.7 Å². The first-order valence-electron chi connectivity index (χ1n) is 11.6. The molecule has 1 aromatic carbocycles. The van der Waals surface area contributed by atoms with Gasteiger partial charge < -0.3 is 14.8 Å². The van der Waals surface area contributed by atoms with Crippen LogP contribution in [0.1, 0.15) is 38.7 Å². The first-order chi connectivity index (χ1) is 16.5. The monoisotopic (exact) mass is 480 g/mol. The van der Waals surface area contributed by atoms with Crippen molar-refractivity contribution >= 4 is 32.7 Å². The molecule has 0 radical (unpaired) electrons. The molecule has 0 saturated heterocycles. The number of nitrogens with one attached hydrogen (secondary N) is 2. The van der Waals surface area contributed by atoms with Crippen LogP contribution in [0, 0.1) is 12.8 Å². The van der Waals surface area contributed by atoms with Crippen LogP contribution in [-0.4, -0.2) is 50.0 Å². The highest BCUT2D eigenvalue weighted by molar-refractivity contribution is 7.22. The normalized spacial score (nSPS) is 14.4. The fraction of sp³-hybridized carbons (Fsp3) is 0.417. The fourth-order valence-corrected chi connectivity index (χ4v) is 4.64. The zero-order valence-corrected chi connectivity index (χ0v) is 20.3. The molecule has 0 spiro atoms. The number of benzene rings is 1. The second-order valence-corrected chi connectivity index (χ2v) is 9.62. The molecule has 0 aliphatic heterocycles. The highest BCUT2D eigenvalue weighted by Gasteiger charge is 2.30. The van der Waals surface area contributed by atoms with Crippen LogP contribution in [0.4, 0.5) is 5.13 Å². The zero-order valence-electron chi connectivity index (χ0n) is 19.5. The third kappa shape index (κ3) is 4.69. The number of anilines is 1. The van der Waals surface area contributed by atoms with Gasteiger partial charge in [0.1, 0.15) is 23.4 Å². The summed E-state index contributed by atoms with van der Waals surface area (Å²) in [6.45, 7) is 7.40.